The molecular formula is C5H9NO. The lowest BCUT2D eigenvalue weighted by atomic mass is 10.4. The fourth-order valence-corrected chi connectivity index (χ4v) is 0.275. The molecule has 0 unspecified atom stereocenters. The minimum atomic E-state index is 0.778. The summed E-state index contributed by atoms with van der Waals surface area (Å²) in [5.74, 6) is 1.69. The van der Waals surface area contributed by atoms with E-state index in [1.807, 2.05) is 7.05 Å². The molecule has 0 aromatic carbocycles. The van der Waals surface area contributed by atoms with Gasteiger partial charge in [0, 0.05) is 6.08 Å². The number of hydrogen-bond acceptors (Lipinski definition) is 2. The Kier molecular flexibility index (Phi) is 4.95. The summed E-state index contributed by atoms with van der Waals surface area (Å²) in [5, 5.41) is 2.89. The lowest BCUT2D eigenvalue weighted by Crippen LogP contribution is -2.05. The van der Waals surface area contributed by atoms with Gasteiger partial charge in [-0.15, -0.1) is 0 Å². The minimum absolute atomic E-state index is 0.778. The summed E-state index contributed by atoms with van der Waals surface area (Å²) < 4.78 is 0. The van der Waals surface area contributed by atoms with Crippen LogP contribution in [0.2, 0.25) is 0 Å². The highest BCUT2D eigenvalue weighted by molar-refractivity contribution is 5.44. The smallest absolute Gasteiger partial charge is 0.120 e. The Labute approximate surface area is 43.2 Å². The van der Waals surface area contributed by atoms with Gasteiger partial charge in [0.15, 0.2) is 0 Å². The third-order valence-corrected chi connectivity index (χ3v) is 0.622. The SMILES string of the molecule is CNCCC=C=O. The molecule has 40 valence electrons. The van der Waals surface area contributed by atoms with E-state index in [-0.39, 0.29) is 0 Å². The van der Waals surface area contributed by atoms with E-state index in [9.17, 15) is 4.79 Å². The Morgan fingerprint density at radius 2 is 2.57 bits per heavy atom. The molecule has 0 aliphatic carbocycles. The average Bonchev–Trinajstić information content (AvgIpc) is 1.69. The highest BCUT2D eigenvalue weighted by atomic mass is 16.1. The molecule has 1 N–H and O–H groups in total. The van der Waals surface area contributed by atoms with Gasteiger partial charge < -0.3 is 5.32 Å². The number of rotatable bonds is 3. The van der Waals surface area contributed by atoms with E-state index in [1.165, 1.54) is 6.08 Å². The Bertz CT molecular complexity index is 74.1. The van der Waals surface area contributed by atoms with Crippen molar-refractivity contribution in [1.29, 1.82) is 0 Å². The molecular weight excluding hydrogens is 90.1 g/mol. The third kappa shape index (κ3) is 5.41. The quantitative estimate of drug-likeness (QED) is 0.398. The molecule has 0 aromatic rings. The van der Waals surface area contributed by atoms with E-state index >= 15 is 0 Å². The first-order chi connectivity index (χ1) is 3.41. The van der Waals surface area contributed by atoms with Gasteiger partial charge in [-0.25, -0.2) is 4.79 Å². The summed E-state index contributed by atoms with van der Waals surface area (Å²) in [6.07, 6.45) is 2.25. The fourth-order valence-electron chi connectivity index (χ4n) is 0.275. The summed E-state index contributed by atoms with van der Waals surface area (Å²) in [7, 11) is 1.85. The first-order valence-corrected chi connectivity index (χ1v) is 2.25. The maximum Gasteiger partial charge on any atom is 0.120 e. The Morgan fingerprint density at radius 1 is 1.86 bits per heavy atom. The Balaban J connectivity index is 2.83. The molecule has 0 amide bonds. The van der Waals surface area contributed by atoms with Crippen molar-refractivity contribution in [3.05, 3.63) is 6.08 Å². The minimum Gasteiger partial charge on any atom is -0.319 e. The average molecular weight is 99.1 g/mol. The summed E-state index contributed by atoms with van der Waals surface area (Å²) in [6, 6.07) is 0. The van der Waals surface area contributed by atoms with E-state index < -0.39 is 0 Å². The van der Waals surface area contributed by atoms with Crippen LogP contribution < -0.4 is 5.32 Å². The van der Waals surface area contributed by atoms with Crippen LogP contribution in [0.1, 0.15) is 6.42 Å². The van der Waals surface area contributed by atoms with Crippen molar-refractivity contribution in [2.75, 3.05) is 13.6 Å². The van der Waals surface area contributed by atoms with E-state index in [4.69, 9.17) is 0 Å². The summed E-state index contributed by atoms with van der Waals surface area (Å²) in [5.41, 5.74) is 0. The van der Waals surface area contributed by atoms with Gasteiger partial charge in [-0.1, -0.05) is 0 Å². The van der Waals surface area contributed by atoms with Gasteiger partial charge in [0.1, 0.15) is 5.94 Å². The van der Waals surface area contributed by atoms with Crippen molar-refractivity contribution < 1.29 is 4.79 Å². The van der Waals surface area contributed by atoms with Crippen LogP contribution in [0.3, 0.4) is 0 Å². The number of nitrogens with one attached hydrogen (secondary N) is 1. The topological polar surface area (TPSA) is 29.1 Å². The molecule has 0 aromatic heterocycles. The fraction of sp³-hybridized carbons (Fsp3) is 0.600. The van der Waals surface area contributed by atoms with Crippen LogP contribution in [-0.2, 0) is 4.79 Å². The molecule has 0 radical (unpaired) electrons. The first kappa shape index (κ1) is 6.41. The highest BCUT2D eigenvalue weighted by Crippen LogP contribution is 1.69. The van der Waals surface area contributed by atoms with Crippen LogP contribution in [0.15, 0.2) is 6.08 Å². The lowest BCUT2D eigenvalue weighted by molar-refractivity contribution is 0.568. The van der Waals surface area contributed by atoms with Gasteiger partial charge in [-0.3, -0.25) is 0 Å². The zero-order chi connectivity index (χ0) is 5.54. The molecule has 2 heteroatoms. The zero-order valence-corrected chi connectivity index (χ0v) is 4.40. The molecule has 0 aliphatic rings. The van der Waals surface area contributed by atoms with Crippen LogP contribution in [0.5, 0.6) is 0 Å². The maximum atomic E-state index is 9.47. The molecule has 7 heavy (non-hydrogen) atoms. The molecule has 0 spiro atoms. The normalized spacial score (nSPS) is 7.57. The summed E-state index contributed by atoms with van der Waals surface area (Å²) in [6.45, 7) is 0.856. The molecule has 0 fully saturated rings. The van der Waals surface area contributed by atoms with Gasteiger partial charge in [-0.05, 0) is 20.0 Å². The van der Waals surface area contributed by atoms with Crippen molar-refractivity contribution >= 4 is 5.94 Å². The van der Waals surface area contributed by atoms with Crippen LogP contribution in [0.25, 0.3) is 0 Å². The van der Waals surface area contributed by atoms with Crippen LogP contribution in [-0.4, -0.2) is 19.5 Å². The van der Waals surface area contributed by atoms with Crippen LogP contribution in [0.4, 0.5) is 0 Å². The molecule has 0 bridgehead atoms. The second kappa shape index (κ2) is 5.41. The van der Waals surface area contributed by atoms with Crippen molar-refractivity contribution in [2.45, 2.75) is 6.42 Å². The van der Waals surface area contributed by atoms with Crippen molar-refractivity contribution in [2.24, 2.45) is 0 Å². The summed E-state index contributed by atoms with van der Waals surface area (Å²) in [4.78, 5) is 9.47. The monoisotopic (exact) mass is 99.1 g/mol. The molecule has 0 saturated heterocycles. The predicted octanol–water partition coefficient (Wildman–Crippen LogP) is -0.0163. The Hall–Kier alpha value is -0.590. The standard InChI is InChI=1S/C5H9NO/c1-6-4-2-3-5-7/h3,6H,2,4H2,1H3. The first-order valence-electron chi connectivity index (χ1n) is 2.25. The summed E-state index contributed by atoms with van der Waals surface area (Å²) >= 11 is 0. The molecule has 0 saturated carbocycles. The van der Waals surface area contributed by atoms with Gasteiger partial charge >= 0.3 is 0 Å². The van der Waals surface area contributed by atoms with Gasteiger partial charge in [0.05, 0.1) is 0 Å². The third-order valence-electron chi connectivity index (χ3n) is 0.622. The van der Waals surface area contributed by atoms with Crippen LogP contribution >= 0.6 is 0 Å². The second-order valence-electron chi connectivity index (χ2n) is 1.21. The van der Waals surface area contributed by atoms with Gasteiger partial charge in [0.2, 0.25) is 0 Å². The second-order valence-corrected chi connectivity index (χ2v) is 1.21. The Morgan fingerprint density at radius 3 is 3.00 bits per heavy atom. The van der Waals surface area contributed by atoms with Crippen LogP contribution in [0, 0.1) is 0 Å². The van der Waals surface area contributed by atoms with E-state index in [2.05, 4.69) is 5.32 Å². The predicted molar refractivity (Wildman–Crippen MR) is 28.8 cm³/mol. The molecule has 0 aliphatic heterocycles. The van der Waals surface area contributed by atoms with Gasteiger partial charge in [0.25, 0.3) is 0 Å². The molecule has 0 atom stereocenters. The lowest BCUT2D eigenvalue weighted by Gasteiger charge is -1.85. The molecule has 2 nitrogen and oxygen atoms in total. The number of hydrogen-bond donors (Lipinski definition) is 1. The van der Waals surface area contributed by atoms with E-state index in [0.717, 1.165) is 13.0 Å². The van der Waals surface area contributed by atoms with E-state index in [1.54, 1.807) is 5.94 Å². The van der Waals surface area contributed by atoms with Crippen molar-refractivity contribution in [3.8, 4) is 0 Å². The molecule has 0 rings (SSSR count). The largest absolute Gasteiger partial charge is 0.319 e. The van der Waals surface area contributed by atoms with Gasteiger partial charge in [-0.2, -0.15) is 0 Å². The molecule has 0 heterocycles. The maximum absolute atomic E-state index is 9.47. The highest BCUT2D eigenvalue weighted by Gasteiger charge is 1.72. The van der Waals surface area contributed by atoms with Crippen molar-refractivity contribution in [3.63, 3.8) is 0 Å². The number of carbonyl (C=O) groups excluding carboxylic acids is 1. The van der Waals surface area contributed by atoms with Crippen molar-refractivity contribution in [1.82, 2.24) is 5.32 Å². The van der Waals surface area contributed by atoms with E-state index in [0.29, 0.717) is 0 Å². The zero-order valence-electron chi connectivity index (χ0n) is 4.40.